The standard InChI is InChI=1S/C11H14F3NO/c1-2-9(15)6-7-5-8(12)3-4-10(7)16-11(13)14/h3-5,9,11H,2,6,15H2,1H3. The molecule has 0 aliphatic heterocycles. The first kappa shape index (κ1) is 12.8. The van der Waals surface area contributed by atoms with E-state index in [0.717, 1.165) is 6.07 Å². The van der Waals surface area contributed by atoms with Crippen molar-refractivity contribution in [3.8, 4) is 5.75 Å². The fourth-order valence-corrected chi connectivity index (χ4v) is 1.35. The minimum Gasteiger partial charge on any atom is -0.435 e. The van der Waals surface area contributed by atoms with Crippen molar-refractivity contribution in [1.29, 1.82) is 0 Å². The summed E-state index contributed by atoms with van der Waals surface area (Å²) >= 11 is 0. The fourth-order valence-electron chi connectivity index (χ4n) is 1.35. The molecule has 0 spiro atoms. The monoisotopic (exact) mass is 233 g/mol. The molecule has 2 nitrogen and oxygen atoms in total. The normalized spacial score (nSPS) is 12.9. The van der Waals surface area contributed by atoms with Crippen molar-refractivity contribution in [3.05, 3.63) is 29.6 Å². The van der Waals surface area contributed by atoms with Crippen molar-refractivity contribution >= 4 is 0 Å². The second kappa shape index (κ2) is 5.75. The molecule has 2 N–H and O–H groups in total. The minimum atomic E-state index is -2.91. The van der Waals surface area contributed by atoms with E-state index in [1.165, 1.54) is 12.1 Å². The van der Waals surface area contributed by atoms with Crippen LogP contribution < -0.4 is 10.5 Å². The molecule has 1 rings (SSSR count). The zero-order valence-electron chi connectivity index (χ0n) is 8.92. The Kier molecular flexibility index (Phi) is 4.61. The number of halogens is 3. The number of rotatable bonds is 5. The van der Waals surface area contributed by atoms with Crippen LogP contribution in [0, 0.1) is 5.82 Å². The van der Waals surface area contributed by atoms with E-state index in [1.54, 1.807) is 0 Å². The van der Waals surface area contributed by atoms with Crippen LogP contribution in [0.3, 0.4) is 0 Å². The maximum Gasteiger partial charge on any atom is 0.387 e. The van der Waals surface area contributed by atoms with E-state index in [2.05, 4.69) is 4.74 Å². The molecule has 0 aliphatic rings. The van der Waals surface area contributed by atoms with Gasteiger partial charge in [0.2, 0.25) is 0 Å². The summed E-state index contributed by atoms with van der Waals surface area (Å²) in [6.45, 7) is -1.04. The van der Waals surface area contributed by atoms with Gasteiger partial charge in [-0.05, 0) is 36.6 Å². The molecule has 90 valence electrons. The molecular formula is C11H14F3NO. The Morgan fingerprint density at radius 2 is 2.06 bits per heavy atom. The van der Waals surface area contributed by atoms with Gasteiger partial charge in [-0.25, -0.2) is 4.39 Å². The highest BCUT2D eigenvalue weighted by Crippen LogP contribution is 2.23. The molecule has 16 heavy (non-hydrogen) atoms. The summed E-state index contributed by atoms with van der Waals surface area (Å²) in [7, 11) is 0. The average molecular weight is 233 g/mol. The summed E-state index contributed by atoms with van der Waals surface area (Å²) in [4.78, 5) is 0. The van der Waals surface area contributed by atoms with Gasteiger partial charge in [0.25, 0.3) is 0 Å². The van der Waals surface area contributed by atoms with Gasteiger partial charge in [-0.3, -0.25) is 0 Å². The maximum absolute atomic E-state index is 13.0. The maximum atomic E-state index is 13.0. The van der Waals surface area contributed by atoms with Crippen molar-refractivity contribution in [2.45, 2.75) is 32.4 Å². The van der Waals surface area contributed by atoms with Gasteiger partial charge in [0, 0.05) is 6.04 Å². The van der Waals surface area contributed by atoms with Crippen LogP contribution in [0.4, 0.5) is 13.2 Å². The molecule has 0 saturated carbocycles. The molecule has 1 unspecified atom stereocenters. The molecular weight excluding hydrogens is 219 g/mol. The van der Waals surface area contributed by atoms with E-state index in [9.17, 15) is 13.2 Å². The summed E-state index contributed by atoms with van der Waals surface area (Å²) in [6.07, 6.45) is 1.00. The quantitative estimate of drug-likeness (QED) is 0.848. The zero-order chi connectivity index (χ0) is 12.1. The third-order valence-electron chi connectivity index (χ3n) is 2.25. The van der Waals surface area contributed by atoms with Gasteiger partial charge in [-0.15, -0.1) is 0 Å². The predicted octanol–water partition coefficient (Wildman–Crippen LogP) is 2.71. The van der Waals surface area contributed by atoms with Gasteiger partial charge in [-0.1, -0.05) is 6.92 Å². The summed E-state index contributed by atoms with van der Waals surface area (Å²) in [5.74, 6) is -0.500. The summed E-state index contributed by atoms with van der Waals surface area (Å²) in [6, 6.07) is 3.26. The van der Waals surface area contributed by atoms with Gasteiger partial charge in [-0.2, -0.15) is 8.78 Å². The molecule has 0 aromatic heterocycles. The SMILES string of the molecule is CCC(N)Cc1cc(F)ccc1OC(F)F. The molecule has 0 fully saturated rings. The number of hydrogen-bond donors (Lipinski definition) is 1. The zero-order valence-corrected chi connectivity index (χ0v) is 8.92. The molecule has 0 saturated heterocycles. The van der Waals surface area contributed by atoms with Crippen molar-refractivity contribution in [3.63, 3.8) is 0 Å². The van der Waals surface area contributed by atoms with Crippen LogP contribution in [0.1, 0.15) is 18.9 Å². The van der Waals surface area contributed by atoms with Gasteiger partial charge < -0.3 is 10.5 Å². The van der Waals surface area contributed by atoms with Gasteiger partial charge >= 0.3 is 6.61 Å². The largest absolute Gasteiger partial charge is 0.435 e. The van der Waals surface area contributed by atoms with E-state index in [4.69, 9.17) is 5.73 Å². The first-order chi connectivity index (χ1) is 7.52. The topological polar surface area (TPSA) is 35.2 Å². The van der Waals surface area contributed by atoms with Crippen molar-refractivity contribution in [2.75, 3.05) is 0 Å². The van der Waals surface area contributed by atoms with Crippen LogP contribution in [0.15, 0.2) is 18.2 Å². The van der Waals surface area contributed by atoms with E-state index in [0.29, 0.717) is 18.4 Å². The number of ether oxygens (including phenoxy) is 1. The van der Waals surface area contributed by atoms with E-state index in [1.807, 2.05) is 6.92 Å². The Bertz CT molecular complexity index is 344. The lowest BCUT2D eigenvalue weighted by Crippen LogP contribution is -2.22. The lowest BCUT2D eigenvalue weighted by atomic mass is 10.0. The number of nitrogens with two attached hydrogens (primary N) is 1. The second-order valence-corrected chi connectivity index (χ2v) is 3.50. The summed E-state index contributed by atoms with van der Waals surface area (Å²) < 4.78 is 41.4. The fraction of sp³-hybridized carbons (Fsp3) is 0.455. The molecule has 1 aromatic carbocycles. The van der Waals surface area contributed by atoms with E-state index >= 15 is 0 Å². The number of alkyl halides is 2. The third-order valence-corrected chi connectivity index (χ3v) is 2.25. The van der Waals surface area contributed by atoms with Crippen LogP contribution >= 0.6 is 0 Å². The Balaban J connectivity index is 2.89. The molecule has 0 radical (unpaired) electrons. The molecule has 0 heterocycles. The summed E-state index contributed by atoms with van der Waals surface area (Å²) in [5.41, 5.74) is 6.06. The molecule has 1 atom stereocenters. The third kappa shape index (κ3) is 3.73. The highest BCUT2D eigenvalue weighted by molar-refractivity contribution is 5.34. The van der Waals surface area contributed by atoms with Crippen LogP contribution in [-0.4, -0.2) is 12.7 Å². The van der Waals surface area contributed by atoms with Crippen LogP contribution in [0.25, 0.3) is 0 Å². The Labute approximate surface area is 92.2 Å². The molecule has 0 aliphatic carbocycles. The molecule has 0 amide bonds. The Morgan fingerprint density at radius 1 is 1.38 bits per heavy atom. The number of benzene rings is 1. The van der Waals surface area contributed by atoms with Crippen LogP contribution in [-0.2, 0) is 6.42 Å². The average Bonchev–Trinajstić information content (AvgIpc) is 2.21. The molecule has 0 bridgehead atoms. The van der Waals surface area contributed by atoms with Crippen molar-refractivity contribution < 1.29 is 17.9 Å². The van der Waals surface area contributed by atoms with Gasteiger partial charge in [0.15, 0.2) is 0 Å². The predicted molar refractivity (Wildman–Crippen MR) is 55.0 cm³/mol. The number of hydrogen-bond acceptors (Lipinski definition) is 2. The Hall–Kier alpha value is -1.23. The first-order valence-electron chi connectivity index (χ1n) is 5.01. The van der Waals surface area contributed by atoms with Gasteiger partial charge in [0.1, 0.15) is 11.6 Å². The van der Waals surface area contributed by atoms with Crippen molar-refractivity contribution in [2.24, 2.45) is 5.73 Å². The van der Waals surface area contributed by atoms with Crippen molar-refractivity contribution in [1.82, 2.24) is 0 Å². The molecule has 1 aromatic rings. The van der Waals surface area contributed by atoms with E-state index in [-0.39, 0.29) is 11.8 Å². The first-order valence-corrected chi connectivity index (χ1v) is 5.01. The van der Waals surface area contributed by atoms with Crippen LogP contribution in [0.5, 0.6) is 5.75 Å². The smallest absolute Gasteiger partial charge is 0.387 e. The highest BCUT2D eigenvalue weighted by atomic mass is 19.3. The lowest BCUT2D eigenvalue weighted by Gasteiger charge is -2.13. The molecule has 5 heteroatoms. The Morgan fingerprint density at radius 3 is 2.62 bits per heavy atom. The minimum absolute atomic E-state index is 0.0136. The van der Waals surface area contributed by atoms with Crippen LogP contribution in [0.2, 0.25) is 0 Å². The summed E-state index contributed by atoms with van der Waals surface area (Å²) in [5, 5.41) is 0. The second-order valence-electron chi connectivity index (χ2n) is 3.50. The van der Waals surface area contributed by atoms with E-state index < -0.39 is 12.4 Å². The van der Waals surface area contributed by atoms with Gasteiger partial charge in [0.05, 0.1) is 0 Å². The lowest BCUT2D eigenvalue weighted by molar-refractivity contribution is -0.0505. The highest BCUT2D eigenvalue weighted by Gasteiger charge is 2.12.